The van der Waals surface area contributed by atoms with E-state index in [0.717, 1.165) is 28.5 Å². The lowest BCUT2D eigenvalue weighted by Crippen LogP contribution is -2.50. The number of urea groups is 1. The Morgan fingerprint density at radius 3 is 2.56 bits per heavy atom. The van der Waals surface area contributed by atoms with Gasteiger partial charge < -0.3 is 19.4 Å². The number of anilines is 1. The fourth-order valence-corrected chi connectivity index (χ4v) is 6.12. The minimum Gasteiger partial charge on any atom is -0.490 e. The van der Waals surface area contributed by atoms with Crippen LogP contribution in [0.2, 0.25) is 0 Å². The van der Waals surface area contributed by atoms with E-state index in [0.29, 0.717) is 48.2 Å². The van der Waals surface area contributed by atoms with Crippen molar-refractivity contribution in [1.29, 1.82) is 0 Å². The Bertz CT molecular complexity index is 1690. The molecule has 2 aliphatic rings. The number of aromatic amines is 1. The number of benzene rings is 3. The molecule has 1 aromatic heterocycles. The number of aromatic nitrogens is 1. The number of rotatable bonds is 8. The van der Waals surface area contributed by atoms with E-state index in [1.165, 1.54) is 11.8 Å². The maximum Gasteiger partial charge on any atom is 0.332 e. The Labute approximate surface area is 238 Å². The molecule has 8 heteroatoms. The van der Waals surface area contributed by atoms with Gasteiger partial charge in [-0.2, -0.15) is 0 Å². The molecule has 41 heavy (non-hydrogen) atoms. The van der Waals surface area contributed by atoms with Crippen molar-refractivity contribution in [2.75, 3.05) is 24.7 Å². The second-order valence-corrected chi connectivity index (χ2v) is 10.7. The van der Waals surface area contributed by atoms with Gasteiger partial charge in [-0.1, -0.05) is 43.3 Å². The number of nitrogens with one attached hydrogen (secondary N) is 1. The first kappa shape index (κ1) is 26.6. The second kappa shape index (κ2) is 10.1. The lowest BCUT2D eigenvalue weighted by atomic mass is 9.78. The van der Waals surface area contributed by atoms with Crippen molar-refractivity contribution < 1.29 is 23.9 Å². The SMILES string of the molecule is CCCOc1ccc([C@H]2CN3C(=O)N(c4cccc(C(C)=O)c4)C(=O)[C@]3(C)c3[nH]c4ccccc4c32)cc1OCC. The summed E-state index contributed by atoms with van der Waals surface area (Å²) in [6.07, 6.45) is 0.879. The summed E-state index contributed by atoms with van der Waals surface area (Å²) in [6.45, 7) is 8.62. The number of fused-ring (bicyclic) bond motifs is 5. The summed E-state index contributed by atoms with van der Waals surface area (Å²) < 4.78 is 11.9. The number of imide groups is 1. The molecule has 3 heterocycles. The third-order valence-electron chi connectivity index (χ3n) is 8.17. The van der Waals surface area contributed by atoms with Gasteiger partial charge in [-0.25, -0.2) is 9.69 Å². The molecule has 4 aromatic rings. The molecule has 0 bridgehead atoms. The van der Waals surface area contributed by atoms with Crippen LogP contribution in [0.4, 0.5) is 10.5 Å². The predicted molar refractivity (Wildman–Crippen MR) is 157 cm³/mol. The van der Waals surface area contributed by atoms with Gasteiger partial charge >= 0.3 is 6.03 Å². The molecular weight excluding hydrogens is 518 g/mol. The second-order valence-electron chi connectivity index (χ2n) is 10.7. The quantitative estimate of drug-likeness (QED) is 0.202. The van der Waals surface area contributed by atoms with Crippen LogP contribution in [0.5, 0.6) is 11.5 Å². The van der Waals surface area contributed by atoms with Crippen molar-refractivity contribution in [3.05, 3.63) is 89.1 Å². The van der Waals surface area contributed by atoms with Gasteiger partial charge in [-0.3, -0.25) is 9.59 Å². The number of amides is 3. The van der Waals surface area contributed by atoms with E-state index >= 15 is 0 Å². The third-order valence-corrected chi connectivity index (χ3v) is 8.17. The van der Waals surface area contributed by atoms with Crippen molar-refractivity contribution in [2.24, 2.45) is 0 Å². The van der Waals surface area contributed by atoms with Crippen LogP contribution in [0.3, 0.4) is 0 Å². The lowest BCUT2D eigenvalue weighted by molar-refractivity contribution is -0.125. The average Bonchev–Trinajstić information content (AvgIpc) is 3.46. The first-order valence-electron chi connectivity index (χ1n) is 14.1. The number of carbonyl (C=O) groups excluding carboxylic acids is 3. The summed E-state index contributed by atoms with van der Waals surface area (Å²) in [5, 5.41) is 1.01. The summed E-state index contributed by atoms with van der Waals surface area (Å²) >= 11 is 0. The maximum atomic E-state index is 14.2. The molecule has 0 radical (unpaired) electrons. The molecule has 0 spiro atoms. The number of nitrogens with zero attached hydrogens (tertiary/aromatic N) is 2. The highest BCUT2D eigenvalue weighted by Crippen LogP contribution is 2.51. The molecule has 2 atom stereocenters. The number of Topliss-reactive ketones (excluding diaryl/α,β-unsaturated/α-hetero) is 1. The highest BCUT2D eigenvalue weighted by molar-refractivity contribution is 6.24. The van der Waals surface area contributed by atoms with E-state index < -0.39 is 11.6 Å². The van der Waals surface area contributed by atoms with Crippen LogP contribution >= 0.6 is 0 Å². The van der Waals surface area contributed by atoms with Crippen LogP contribution in [0.15, 0.2) is 66.7 Å². The van der Waals surface area contributed by atoms with Crippen LogP contribution in [-0.2, 0) is 10.3 Å². The fraction of sp³-hybridized carbons (Fsp3) is 0.303. The molecule has 1 saturated heterocycles. The highest BCUT2D eigenvalue weighted by atomic mass is 16.5. The number of hydrogen-bond acceptors (Lipinski definition) is 5. The highest BCUT2D eigenvalue weighted by Gasteiger charge is 2.60. The van der Waals surface area contributed by atoms with Crippen molar-refractivity contribution in [1.82, 2.24) is 9.88 Å². The van der Waals surface area contributed by atoms with Crippen LogP contribution in [-0.4, -0.2) is 47.4 Å². The molecule has 0 saturated carbocycles. The van der Waals surface area contributed by atoms with Crippen LogP contribution in [0.25, 0.3) is 10.9 Å². The third kappa shape index (κ3) is 4.08. The summed E-state index contributed by atoms with van der Waals surface area (Å²) in [4.78, 5) is 46.8. The Morgan fingerprint density at radius 2 is 1.80 bits per heavy atom. The summed E-state index contributed by atoms with van der Waals surface area (Å²) in [5.74, 6) is 0.617. The Hall–Kier alpha value is -4.59. The standard InChI is InChI=1S/C33H33N3O5/c1-5-16-41-27-15-14-22(18-28(27)40-6-2)25-19-35-32(39)36(23-11-9-10-21(17-23)20(3)37)31(38)33(35,4)30-29(25)24-12-7-8-13-26(24)34-30/h7-15,17-18,25,34H,5-6,16,19H2,1-4H3/t25-,33+/m1/s1. The number of para-hydroxylation sites is 1. The van der Waals surface area contributed by atoms with Crippen LogP contribution in [0, 0.1) is 0 Å². The minimum atomic E-state index is -1.25. The van der Waals surface area contributed by atoms with Crippen LogP contribution < -0.4 is 14.4 Å². The molecule has 2 aliphatic heterocycles. The minimum absolute atomic E-state index is 0.135. The van der Waals surface area contributed by atoms with Gasteiger partial charge in [0.2, 0.25) is 0 Å². The normalized spacial score (nSPS) is 19.9. The first-order valence-corrected chi connectivity index (χ1v) is 14.1. The monoisotopic (exact) mass is 551 g/mol. The van der Waals surface area contributed by atoms with Gasteiger partial charge in [0.25, 0.3) is 5.91 Å². The molecule has 6 rings (SSSR count). The summed E-state index contributed by atoms with van der Waals surface area (Å²) in [7, 11) is 0. The van der Waals surface area contributed by atoms with Crippen molar-refractivity contribution >= 4 is 34.3 Å². The number of ketones is 1. The summed E-state index contributed by atoms with van der Waals surface area (Å²) in [6, 6.07) is 20.2. The van der Waals surface area contributed by atoms with Gasteiger partial charge in [0.05, 0.1) is 24.6 Å². The molecule has 0 unspecified atom stereocenters. The molecule has 1 fully saturated rings. The van der Waals surface area contributed by atoms with Gasteiger partial charge in [0.15, 0.2) is 22.8 Å². The molecular formula is C33H33N3O5. The smallest absolute Gasteiger partial charge is 0.332 e. The van der Waals surface area contributed by atoms with E-state index in [2.05, 4.69) is 11.9 Å². The van der Waals surface area contributed by atoms with Crippen LogP contribution in [0.1, 0.15) is 67.2 Å². The Kier molecular flexibility index (Phi) is 6.56. The molecule has 1 N–H and O–H groups in total. The molecule has 210 valence electrons. The predicted octanol–water partition coefficient (Wildman–Crippen LogP) is 6.39. The van der Waals surface area contributed by atoms with Crippen molar-refractivity contribution in [3.8, 4) is 11.5 Å². The topological polar surface area (TPSA) is 91.9 Å². The van der Waals surface area contributed by atoms with Crippen molar-refractivity contribution in [3.63, 3.8) is 0 Å². The zero-order chi connectivity index (χ0) is 28.9. The van der Waals surface area contributed by atoms with Crippen molar-refractivity contribution in [2.45, 2.75) is 45.6 Å². The number of hydrogen-bond donors (Lipinski definition) is 1. The summed E-state index contributed by atoms with van der Waals surface area (Å²) in [5.41, 5.74) is 3.12. The van der Waals surface area contributed by atoms with Gasteiger partial charge in [-0.05, 0) is 68.7 Å². The lowest BCUT2D eigenvalue weighted by Gasteiger charge is -2.40. The number of carbonyl (C=O) groups is 3. The van der Waals surface area contributed by atoms with E-state index in [-0.39, 0.29) is 17.6 Å². The Balaban J connectivity index is 1.51. The fourth-order valence-electron chi connectivity index (χ4n) is 6.12. The van der Waals surface area contributed by atoms with Gasteiger partial charge in [0.1, 0.15) is 0 Å². The number of ether oxygens (including phenoxy) is 2. The van der Waals surface area contributed by atoms with E-state index in [9.17, 15) is 14.4 Å². The molecule has 3 aromatic carbocycles. The first-order chi connectivity index (χ1) is 19.8. The van der Waals surface area contributed by atoms with Gasteiger partial charge in [0, 0.05) is 28.9 Å². The zero-order valence-electron chi connectivity index (χ0n) is 23.7. The average molecular weight is 552 g/mol. The number of H-pyrrole nitrogens is 1. The zero-order valence-corrected chi connectivity index (χ0v) is 23.7. The molecule has 0 aliphatic carbocycles. The molecule has 3 amide bonds. The maximum absolute atomic E-state index is 14.2. The largest absolute Gasteiger partial charge is 0.490 e. The van der Waals surface area contributed by atoms with Gasteiger partial charge in [-0.15, -0.1) is 0 Å². The van der Waals surface area contributed by atoms with E-state index in [4.69, 9.17) is 9.47 Å². The Morgan fingerprint density at radius 1 is 1.00 bits per heavy atom. The molecule has 8 nitrogen and oxygen atoms in total. The van der Waals surface area contributed by atoms with E-state index in [1.54, 1.807) is 36.1 Å². The van der Waals surface area contributed by atoms with E-state index in [1.807, 2.05) is 49.4 Å².